The maximum Gasteiger partial charge on any atom is 0.246 e. The van der Waals surface area contributed by atoms with Crippen molar-refractivity contribution in [3.8, 4) is 0 Å². The molecule has 1 aromatic rings. The van der Waals surface area contributed by atoms with E-state index in [1.165, 1.54) is 0 Å². The monoisotopic (exact) mass is 189 g/mol. The maximum atomic E-state index is 11.4. The number of rotatable bonds is 2. The molecule has 14 heavy (non-hydrogen) atoms. The van der Waals surface area contributed by atoms with E-state index in [2.05, 4.69) is 0 Å². The SMILES string of the molecule is C/C(=C/C(=O)N(C)C)c1ccccc1. The van der Waals surface area contributed by atoms with Gasteiger partial charge < -0.3 is 4.90 Å². The van der Waals surface area contributed by atoms with Crippen molar-refractivity contribution in [1.29, 1.82) is 0 Å². The molecule has 1 aromatic carbocycles. The van der Waals surface area contributed by atoms with Crippen molar-refractivity contribution < 1.29 is 4.79 Å². The Labute approximate surface area is 84.9 Å². The van der Waals surface area contributed by atoms with Crippen LogP contribution in [0, 0.1) is 0 Å². The molecule has 74 valence electrons. The van der Waals surface area contributed by atoms with E-state index >= 15 is 0 Å². The summed E-state index contributed by atoms with van der Waals surface area (Å²) in [5, 5.41) is 0. The number of carbonyl (C=O) groups excluding carboxylic acids is 1. The first-order chi connectivity index (χ1) is 6.61. The zero-order valence-electron chi connectivity index (χ0n) is 8.82. The second-order valence-electron chi connectivity index (χ2n) is 3.43. The Balaban J connectivity index is 2.85. The molecule has 2 nitrogen and oxygen atoms in total. The summed E-state index contributed by atoms with van der Waals surface area (Å²) in [5.74, 6) is 0.0198. The lowest BCUT2D eigenvalue weighted by Gasteiger charge is -2.07. The van der Waals surface area contributed by atoms with E-state index in [0.29, 0.717) is 0 Å². The van der Waals surface area contributed by atoms with Crippen molar-refractivity contribution in [1.82, 2.24) is 4.90 Å². The first-order valence-corrected chi connectivity index (χ1v) is 4.56. The van der Waals surface area contributed by atoms with Crippen LogP contribution in [-0.4, -0.2) is 24.9 Å². The Kier molecular flexibility index (Phi) is 3.46. The van der Waals surface area contributed by atoms with Gasteiger partial charge in [0, 0.05) is 20.2 Å². The van der Waals surface area contributed by atoms with Crippen LogP contribution >= 0.6 is 0 Å². The fraction of sp³-hybridized carbons (Fsp3) is 0.250. The molecule has 1 rings (SSSR count). The predicted molar refractivity (Wildman–Crippen MR) is 58.8 cm³/mol. The molecule has 0 aliphatic rings. The van der Waals surface area contributed by atoms with Gasteiger partial charge in [-0.25, -0.2) is 0 Å². The highest BCUT2D eigenvalue weighted by Gasteiger charge is 2.01. The highest BCUT2D eigenvalue weighted by Crippen LogP contribution is 2.12. The van der Waals surface area contributed by atoms with E-state index < -0.39 is 0 Å². The smallest absolute Gasteiger partial charge is 0.246 e. The second kappa shape index (κ2) is 4.61. The Morgan fingerprint density at radius 2 is 1.79 bits per heavy atom. The Morgan fingerprint density at radius 3 is 2.29 bits per heavy atom. The van der Waals surface area contributed by atoms with Crippen LogP contribution in [0.5, 0.6) is 0 Å². The van der Waals surface area contributed by atoms with Gasteiger partial charge in [-0.1, -0.05) is 30.3 Å². The average Bonchev–Trinajstić information content (AvgIpc) is 2.19. The third-order valence-corrected chi connectivity index (χ3v) is 2.01. The molecule has 0 aliphatic heterocycles. The molecule has 0 saturated carbocycles. The van der Waals surface area contributed by atoms with Crippen LogP contribution in [0.2, 0.25) is 0 Å². The summed E-state index contributed by atoms with van der Waals surface area (Å²) in [5.41, 5.74) is 2.08. The van der Waals surface area contributed by atoms with E-state index in [0.717, 1.165) is 11.1 Å². The van der Waals surface area contributed by atoms with Gasteiger partial charge in [-0.3, -0.25) is 4.79 Å². The molecule has 2 heteroatoms. The molecular formula is C12H15NO. The van der Waals surface area contributed by atoms with Crippen molar-refractivity contribution in [2.24, 2.45) is 0 Å². The third kappa shape index (κ3) is 2.73. The summed E-state index contributed by atoms with van der Waals surface area (Å²) in [4.78, 5) is 12.9. The van der Waals surface area contributed by atoms with Gasteiger partial charge in [-0.2, -0.15) is 0 Å². The Morgan fingerprint density at radius 1 is 1.21 bits per heavy atom. The van der Waals surface area contributed by atoms with Crippen LogP contribution in [0.3, 0.4) is 0 Å². The van der Waals surface area contributed by atoms with Crippen molar-refractivity contribution in [2.45, 2.75) is 6.92 Å². The van der Waals surface area contributed by atoms with Gasteiger partial charge in [0.2, 0.25) is 5.91 Å². The molecular weight excluding hydrogens is 174 g/mol. The zero-order valence-corrected chi connectivity index (χ0v) is 8.82. The lowest BCUT2D eigenvalue weighted by molar-refractivity contribution is -0.123. The number of carbonyl (C=O) groups is 1. The number of nitrogens with zero attached hydrogens (tertiary/aromatic N) is 1. The number of likely N-dealkylation sites (N-methyl/N-ethyl adjacent to an activating group) is 1. The highest BCUT2D eigenvalue weighted by molar-refractivity contribution is 5.94. The minimum absolute atomic E-state index is 0.0198. The molecule has 0 N–H and O–H groups in total. The van der Waals surface area contributed by atoms with E-state index in [-0.39, 0.29) is 5.91 Å². The third-order valence-electron chi connectivity index (χ3n) is 2.01. The molecule has 0 aromatic heterocycles. The average molecular weight is 189 g/mol. The minimum atomic E-state index is 0.0198. The van der Waals surface area contributed by atoms with Gasteiger partial charge in [0.15, 0.2) is 0 Å². The number of hydrogen-bond acceptors (Lipinski definition) is 1. The molecule has 0 unspecified atom stereocenters. The van der Waals surface area contributed by atoms with Crippen LogP contribution in [0.25, 0.3) is 5.57 Å². The lowest BCUT2D eigenvalue weighted by Crippen LogP contribution is -2.19. The van der Waals surface area contributed by atoms with Crippen LogP contribution in [0.15, 0.2) is 36.4 Å². The number of allylic oxidation sites excluding steroid dienone is 1. The van der Waals surface area contributed by atoms with E-state index in [4.69, 9.17) is 0 Å². The fourth-order valence-corrected chi connectivity index (χ4v) is 1.10. The van der Waals surface area contributed by atoms with Gasteiger partial charge in [0.05, 0.1) is 0 Å². The summed E-state index contributed by atoms with van der Waals surface area (Å²) in [6, 6.07) is 9.88. The molecule has 0 fully saturated rings. The summed E-state index contributed by atoms with van der Waals surface area (Å²) < 4.78 is 0. The number of hydrogen-bond donors (Lipinski definition) is 0. The van der Waals surface area contributed by atoms with Gasteiger partial charge in [-0.05, 0) is 18.1 Å². The summed E-state index contributed by atoms with van der Waals surface area (Å²) >= 11 is 0. The summed E-state index contributed by atoms with van der Waals surface area (Å²) in [6.07, 6.45) is 1.65. The Hall–Kier alpha value is -1.57. The van der Waals surface area contributed by atoms with Gasteiger partial charge in [0.1, 0.15) is 0 Å². The van der Waals surface area contributed by atoms with Crippen LogP contribution in [-0.2, 0) is 4.79 Å². The quantitative estimate of drug-likeness (QED) is 0.653. The first-order valence-electron chi connectivity index (χ1n) is 4.56. The molecule has 1 amide bonds. The molecule has 0 heterocycles. The van der Waals surface area contributed by atoms with Crippen molar-refractivity contribution >= 4 is 11.5 Å². The van der Waals surface area contributed by atoms with Crippen LogP contribution in [0.4, 0.5) is 0 Å². The Bertz CT molecular complexity index is 339. The highest BCUT2D eigenvalue weighted by atomic mass is 16.2. The van der Waals surface area contributed by atoms with Gasteiger partial charge >= 0.3 is 0 Å². The predicted octanol–water partition coefficient (Wildman–Crippen LogP) is 2.18. The van der Waals surface area contributed by atoms with Crippen molar-refractivity contribution in [3.05, 3.63) is 42.0 Å². The van der Waals surface area contributed by atoms with Crippen molar-refractivity contribution in [2.75, 3.05) is 14.1 Å². The molecule has 0 saturated heterocycles. The second-order valence-corrected chi connectivity index (χ2v) is 3.43. The standard InChI is InChI=1S/C12H15NO/c1-10(9-12(14)13(2)3)11-7-5-4-6-8-11/h4-9H,1-3H3/b10-9-. The molecule has 0 radical (unpaired) electrons. The zero-order chi connectivity index (χ0) is 10.6. The van der Waals surface area contributed by atoms with Crippen LogP contribution in [0.1, 0.15) is 12.5 Å². The molecule has 0 atom stereocenters. The number of benzene rings is 1. The van der Waals surface area contributed by atoms with E-state index in [1.807, 2.05) is 37.3 Å². The molecule has 0 bridgehead atoms. The maximum absolute atomic E-state index is 11.4. The van der Waals surface area contributed by atoms with Gasteiger partial charge in [-0.15, -0.1) is 0 Å². The summed E-state index contributed by atoms with van der Waals surface area (Å²) in [6.45, 7) is 1.94. The van der Waals surface area contributed by atoms with Crippen molar-refractivity contribution in [3.63, 3.8) is 0 Å². The van der Waals surface area contributed by atoms with Gasteiger partial charge in [0.25, 0.3) is 0 Å². The largest absolute Gasteiger partial charge is 0.345 e. The fourth-order valence-electron chi connectivity index (χ4n) is 1.10. The molecule has 0 aliphatic carbocycles. The molecule has 0 spiro atoms. The number of amides is 1. The van der Waals surface area contributed by atoms with E-state index in [9.17, 15) is 4.79 Å². The lowest BCUT2D eigenvalue weighted by atomic mass is 10.1. The minimum Gasteiger partial charge on any atom is -0.345 e. The normalized spacial score (nSPS) is 11.2. The topological polar surface area (TPSA) is 20.3 Å². The van der Waals surface area contributed by atoms with E-state index in [1.54, 1.807) is 25.1 Å². The first kappa shape index (κ1) is 10.5. The summed E-state index contributed by atoms with van der Waals surface area (Å²) in [7, 11) is 3.49. The van der Waals surface area contributed by atoms with Crippen LogP contribution < -0.4 is 0 Å².